The molecule has 0 radical (unpaired) electrons. The maximum absolute atomic E-state index is 14.3. The minimum absolute atomic E-state index is 0.278. The van der Waals surface area contributed by atoms with Crippen molar-refractivity contribution in [3.8, 4) is 0 Å². The number of halogens is 2. The van der Waals surface area contributed by atoms with E-state index >= 15 is 0 Å². The van der Waals surface area contributed by atoms with Gasteiger partial charge in [-0.2, -0.15) is 0 Å². The Kier molecular flexibility index (Phi) is 6.50. The molecule has 2 heterocycles. The maximum Gasteiger partial charge on any atom is 0.331 e. The third-order valence-corrected chi connectivity index (χ3v) is 7.10. The molecule has 1 aliphatic rings. The monoisotopic (exact) mass is 503 g/mol. The highest BCUT2D eigenvalue weighted by atomic mass is 35.5. The number of nitrogens with one attached hydrogen (secondary N) is 3. The van der Waals surface area contributed by atoms with Crippen molar-refractivity contribution in [2.45, 2.75) is 4.21 Å². The van der Waals surface area contributed by atoms with E-state index in [0.717, 1.165) is 4.21 Å². The standard InChI is InChI=1S/C22H19ClFN5O2S2/c1-12-15-10-16(24)18(25-2)11-17(15)27-22(31)29(12)14-6-4-13(5-7-14)26-21(30)28(3)33-20-9-8-19(23)32-20/h4-11,25H,1H2,2-3H3,(H,26,30)(H,27,31). The minimum Gasteiger partial charge on any atom is -0.386 e. The van der Waals surface area contributed by atoms with Crippen LogP contribution in [-0.2, 0) is 0 Å². The lowest BCUT2D eigenvalue weighted by Gasteiger charge is -2.31. The average Bonchev–Trinajstić information content (AvgIpc) is 3.19. The van der Waals surface area contributed by atoms with Crippen LogP contribution in [0.4, 0.5) is 36.7 Å². The number of urea groups is 2. The first kappa shape index (κ1) is 23.0. The van der Waals surface area contributed by atoms with Crippen LogP contribution in [0, 0.1) is 5.82 Å². The first-order valence-electron chi connectivity index (χ1n) is 9.66. The third kappa shape index (κ3) is 4.77. The fourth-order valence-electron chi connectivity index (χ4n) is 3.21. The van der Waals surface area contributed by atoms with Crippen molar-refractivity contribution in [2.75, 3.05) is 34.9 Å². The molecule has 11 heteroatoms. The summed E-state index contributed by atoms with van der Waals surface area (Å²) >= 11 is 8.58. The second-order valence-electron chi connectivity index (χ2n) is 6.96. The molecule has 1 aliphatic heterocycles. The van der Waals surface area contributed by atoms with Crippen molar-refractivity contribution in [2.24, 2.45) is 0 Å². The second-order valence-corrected chi connectivity index (χ2v) is 10.1. The van der Waals surface area contributed by atoms with E-state index in [9.17, 15) is 14.0 Å². The lowest BCUT2D eigenvalue weighted by Crippen LogP contribution is -2.37. The van der Waals surface area contributed by atoms with Gasteiger partial charge in [0.25, 0.3) is 0 Å². The van der Waals surface area contributed by atoms with Crippen LogP contribution in [-0.4, -0.2) is 30.5 Å². The number of amides is 4. The summed E-state index contributed by atoms with van der Waals surface area (Å²) in [5.74, 6) is -0.446. The Bertz CT molecular complexity index is 1250. The van der Waals surface area contributed by atoms with Crippen LogP contribution in [0.5, 0.6) is 0 Å². The third-order valence-electron chi connectivity index (χ3n) is 4.84. The zero-order valence-electron chi connectivity index (χ0n) is 17.6. The van der Waals surface area contributed by atoms with Gasteiger partial charge >= 0.3 is 12.1 Å². The van der Waals surface area contributed by atoms with Crippen LogP contribution < -0.4 is 20.9 Å². The van der Waals surface area contributed by atoms with Crippen molar-refractivity contribution in [1.82, 2.24) is 4.31 Å². The topological polar surface area (TPSA) is 76.7 Å². The van der Waals surface area contributed by atoms with E-state index in [0.29, 0.717) is 32.7 Å². The van der Waals surface area contributed by atoms with Crippen LogP contribution in [0.15, 0.2) is 59.3 Å². The highest BCUT2D eigenvalue weighted by molar-refractivity contribution is 7.99. The smallest absolute Gasteiger partial charge is 0.331 e. The van der Waals surface area contributed by atoms with E-state index in [1.807, 2.05) is 6.07 Å². The summed E-state index contributed by atoms with van der Waals surface area (Å²) in [5.41, 5.74) is 2.65. The maximum atomic E-state index is 14.3. The molecule has 33 heavy (non-hydrogen) atoms. The van der Waals surface area contributed by atoms with Gasteiger partial charge in [0.1, 0.15) is 5.82 Å². The Balaban J connectivity index is 1.47. The molecule has 4 rings (SSSR count). The first-order valence-corrected chi connectivity index (χ1v) is 11.6. The van der Waals surface area contributed by atoms with E-state index in [4.69, 9.17) is 11.6 Å². The van der Waals surface area contributed by atoms with Gasteiger partial charge < -0.3 is 16.0 Å². The van der Waals surface area contributed by atoms with Gasteiger partial charge in [0, 0.05) is 37.3 Å². The summed E-state index contributed by atoms with van der Waals surface area (Å²) < 4.78 is 17.3. The zero-order valence-corrected chi connectivity index (χ0v) is 20.0. The number of fused-ring (bicyclic) bond motifs is 1. The van der Waals surface area contributed by atoms with Gasteiger partial charge in [0.15, 0.2) is 0 Å². The van der Waals surface area contributed by atoms with E-state index in [2.05, 4.69) is 22.5 Å². The van der Waals surface area contributed by atoms with Gasteiger partial charge in [-0.1, -0.05) is 18.2 Å². The molecule has 3 aromatic rings. The van der Waals surface area contributed by atoms with Crippen LogP contribution in [0.2, 0.25) is 4.34 Å². The molecule has 0 bridgehead atoms. The summed E-state index contributed by atoms with van der Waals surface area (Å²) in [6.07, 6.45) is 0. The van der Waals surface area contributed by atoms with E-state index < -0.39 is 11.8 Å². The van der Waals surface area contributed by atoms with Crippen LogP contribution in [0.25, 0.3) is 5.70 Å². The lowest BCUT2D eigenvalue weighted by molar-refractivity contribution is 0.243. The fraction of sp³-hybridized carbons (Fsp3) is 0.0909. The molecule has 0 unspecified atom stereocenters. The van der Waals surface area contributed by atoms with Gasteiger partial charge in [0.2, 0.25) is 0 Å². The lowest BCUT2D eigenvalue weighted by atomic mass is 10.0. The molecular formula is C22H19ClFN5O2S2. The highest BCUT2D eigenvalue weighted by Gasteiger charge is 2.29. The van der Waals surface area contributed by atoms with E-state index in [-0.39, 0.29) is 11.7 Å². The first-order chi connectivity index (χ1) is 15.8. The summed E-state index contributed by atoms with van der Waals surface area (Å²) in [4.78, 5) is 26.6. The Morgan fingerprint density at radius 2 is 1.97 bits per heavy atom. The number of nitrogens with zero attached hydrogens (tertiary/aromatic N) is 2. The Hall–Kier alpha value is -3.21. The number of benzene rings is 2. The summed E-state index contributed by atoms with van der Waals surface area (Å²) in [5, 5.41) is 8.30. The zero-order chi connectivity index (χ0) is 23.7. The molecule has 7 nitrogen and oxygen atoms in total. The average molecular weight is 504 g/mol. The van der Waals surface area contributed by atoms with Gasteiger partial charge in [-0.3, -0.25) is 9.21 Å². The molecule has 0 saturated heterocycles. The Morgan fingerprint density at radius 3 is 2.61 bits per heavy atom. The molecule has 0 fully saturated rings. The molecular weight excluding hydrogens is 485 g/mol. The predicted octanol–water partition coefficient (Wildman–Crippen LogP) is 6.78. The normalized spacial score (nSPS) is 12.8. The SMILES string of the molecule is C=C1c2cc(F)c(NC)cc2NC(=O)N1c1ccc(NC(=O)N(C)Sc2ccc(Cl)s2)cc1. The van der Waals surface area contributed by atoms with Crippen LogP contribution >= 0.6 is 34.9 Å². The molecule has 3 N–H and O–H groups in total. The Labute approximate surface area is 203 Å². The van der Waals surface area contributed by atoms with E-state index in [1.54, 1.807) is 44.4 Å². The number of thiophene rings is 1. The molecule has 2 aromatic carbocycles. The van der Waals surface area contributed by atoms with Crippen LogP contribution in [0.1, 0.15) is 5.56 Å². The predicted molar refractivity (Wildman–Crippen MR) is 135 cm³/mol. The molecule has 0 aliphatic carbocycles. The molecule has 0 saturated carbocycles. The van der Waals surface area contributed by atoms with Gasteiger partial charge in [0.05, 0.1) is 31.3 Å². The number of anilines is 4. The number of hydrogen-bond donors (Lipinski definition) is 3. The summed E-state index contributed by atoms with van der Waals surface area (Å²) in [6, 6.07) is 12.5. The van der Waals surface area contributed by atoms with Gasteiger partial charge in [-0.05, 0) is 48.5 Å². The summed E-state index contributed by atoms with van der Waals surface area (Å²) in [7, 11) is 3.26. The molecule has 1 aromatic heterocycles. The van der Waals surface area contributed by atoms with Crippen molar-refractivity contribution < 1.29 is 14.0 Å². The van der Waals surface area contributed by atoms with Crippen molar-refractivity contribution in [1.29, 1.82) is 0 Å². The van der Waals surface area contributed by atoms with Crippen molar-refractivity contribution >= 4 is 75.4 Å². The largest absolute Gasteiger partial charge is 0.386 e. The van der Waals surface area contributed by atoms with E-state index in [1.165, 1.54) is 44.6 Å². The molecule has 0 atom stereocenters. The second kappa shape index (κ2) is 9.34. The van der Waals surface area contributed by atoms with Crippen molar-refractivity contribution in [3.05, 3.63) is 70.8 Å². The molecule has 170 valence electrons. The van der Waals surface area contributed by atoms with Gasteiger partial charge in [-0.25, -0.2) is 14.0 Å². The fourth-order valence-corrected chi connectivity index (χ4v) is 5.41. The minimum atomic E-state index is -0.446. The number of hydrogen-bond acceptors (Lipinski definition) is 5. The summed E-state index contributed by atoms with van der Waals surface area (Å²) in [6.45, 7) is 3.99. The number of carbonyl (C=O) groups excluding carboxylic acids is 2. The molecule has 0 spiro atoms. The Morgan fingerprint density at radius 1 is 1.24 bits per heavy atom. The van der Waals surface area contributed by atoms with Crippen LogP contribution in [0.3, 0.4) is 0 Å². The highest BCUT2D eigenvalue weighted by Crippen LogP contribution is 2.37. The number of carbonyl (C=O) groups is 2. The number of rotatable bonds is 5. The molecule has 4 amide bonds. The van der Waals surface area contributed by atoms with Crippen molar-refractivity contribution in [3.63, 3.8) is 0 Å². The van der Waals surface area contributed by atoms with Gasteiger partial charge in [-0.15, -0.1) is 11.3 Å². The quantitative estimate of drug-likeness (QED) is 0.335.